The summed E-state index contributed by atoms with van der Waals surface area (Å²) in [7, 11) is 1.71. The van der Waals surface area contributed by atoms with E-state index in [2.05, 4.69) is 15.2 Å². The Morgan fingerprint density at radius 2 is 1.63 bits per heavy atom. The molecule has 3 rings (SSSR count). The lowest BCUT2D eigenvalue weighted by atomic mass is 9.84. The van der Waals surface area contributed by atoms with Crippen LogP contribution in [0.4, 0.5) is 13.2 Å². The van der Waals surface area contributed by atoms with Crippen LogP contribution < -0.4 is 5.32 Å². The maximum Gasteiger partial charge on any atom is 0.403 e. The van der Waals surface area contributed by atoms with Gasteiger partial charge in [-0.1, -0.05) is 6.42 Å². The van der Waals surface area contributed by atoms with Crippen molar-refractivity contribution in [3.63, 3.8) is 0 Å². The predicted molar refractivity (Wildman–Crippen MR) is 110 cm³/mol. The molecule has 0 bridgehead atoms. The van der Waals surface area contributed by atoms with E-state index in [1.165, 1.54) is 18.2 Å². The van der Waals surface area contributed by atoms with E-state index in [-0.39, 0.29) is 5.92 Å². The van der Waals surface area contributed by atoms with Crippen molar-refractivity contribution >= 4 is 11.9 Å². The summed E-state index contributed by atoms with van der Waals surface area (Å²) in [5, 5.41) is 3.34. The number of nitrogens with one attached hydrogen (secondary N) is 1. The van der Waals surface area contributed by atoms with Crippen LogP contribution in [0.15, 0.2) is 4.99 Å². The molecule has 0 radical (unpaired) electrons. The van der Waals surface area contributed by atoms with Crippen LogP contribution in [-0.2, 0) is 4.79 Å². The Balaban J connectivity index is 1.34. The lowest BCUT2D eigenvalue weighted by Gasteiger charge is -2.40. The Labute approximate surface area is 177 Å². The van der Waals surface area contributed by atoms with Crippen molar-refractivity contribution in [2.24, 2.45) is 10.9 Å². The van der Waals surface area contributed by atoms with Gasteiger partial charge < -0.3 is 15.1 Å². The van der Waals surface area contributed by atoms with Crippen molar-refractivity contribution in [2.45, 2.75) is 38.4 Å². The van der Waals surface area contributed by atoms with Crippen molar-refractivity contribution in [3.05, 3.63) is 0 Å². The lowest BCUT2D eigenvalue weighted by Crippen LogP contribution is -2.57. The van der Waals surface area contributed by atoms with Crippen LogP contribution in [0.25, 0.3) is 0 Å². The van der Waals surface area contributed by atoms with E-state index in [9.17, 15) is 18.0 Å². The molecule has 0 aromatic carbocycles. The normalized spacial score (nSPS) is 24.0. The molecule has 10 heteroatoms. The number of hydrogen-bond donors (Lipinski definition) is 1. The summed E-state index contributed by atoms with van der Waals surface area (Å²) in [6.07, 6.45) is -0.911. The molecule has 2 heterocycles. The third kappa shape index (κ3) is 5.78. The lowest BCUT2D eigenvalue weighted by molar-refractivity contribution is -0.181. The third-order valence-corrected chi connectivity index (χ3v) is 6.70. The van der Waals surface area contributed by atoms with E-state index in [1.807, 2.05) is 9.80 Å². The van der Waals surface area contributed by atoms with Gasteiger partial charge in [0.05, 0.1) is 0 Å². The summed E-state index contributed by atoms with van der Waals surface area (Å²) >= 11 is 0. The first-order chi connectivity index (χ1) is 14.3. The second-order valence-corrected chi connectivity index (χ2v) is 8.51. The number of carbonyl (C=O) groups is 1. The van der Waals surface area contributed by atoms with Crippen molar-refractivity contribution in [1.29, 1.82) is 0 Å². The number of rotatable bonds is 5. The van der Waals surface area contributed by atoms with E-state index in [0.29, 0.717) is 32.1 Å². The van der Waals surface area contributed by atoms with Crippen molar-refractivity contribution < 1.29 is 18.0 Å². The molecule has 0 aromatic heterocycles. The van der Waals surface area contributed by atoms with Crippen molar-refractivity contribution in [2.75, 3.05) is 72.5 Å². The second kappa shape index (κ2) is 10.2. The number of hydrogen-bond acceptors (Lipinski definition) is 4. The molecule has 3 aliphatic rings. The van der Waals surface area contributed by atoms with Gasteiger partial charge in [-0.15, -0.1) is 0 Å². The van der Waals surface area contributed by atoms with Crippen LogP contribution >= 0.6 is 0 Å². The van der Waals surface area contributed by atoms with E-state index in [1.54, 1.807) is 7.05 Å². The molecule has 30 heavy (non-hydrogen) atoms. The summed E-state index contributed by atoms with van der Waals surface area (Å²) < 4.78 is 38.7. The van der Waals surface area contributed by atoms with Gasteiger partial charge in [-0.05, 0) is 19.8 Å². The first kappa shape index (κ1) is 23.1. The Hall–Kier alpha value is -1.55. The van der Waals surface area contributed by atoms with Gasteiger partial charge >= 0.3 is 6.18 Å². The van der Waals surface area contributed by atoms with Gasteiger partial charge in [0.15, 0.2) is 5.96 Å². The number of amides is 1. The van der Waals surface area contributed by atoms with Gasteiger partial charge in [0.2, 0.25) is 5.91 Å². The zero-order chi connectivity index (χ0) is 21.7. The highest BCUT2D eigenvalue weighted by atomic mass is 19.4. The van der Waals surface area contributed by atoms with Crippen LogP contribution in [0.5, 0.6) is 0 Å². The maximum atomic E-state index is 12.9. The molecule has 2 saturated heterocycles. The Bertz CT molecular complexity index is 594. The van der Waals surface area contributed by atoms with Crippen LogP contribution in [0.2, 0.25) is 0 Å². The standard InChI is InChI=1S/C20H35F3N6O/c1-16(20(21,22)23)27-12-14-29(15-13-27)19(24-2)25-6-7-26-8-10-28(11-9-26)18(30)17-4-3-5-17/h16-17H,3-15H2,1-2H3,(H,24,25). The number of carbonyl (C=O) groups excluding carboxylic acids is 1. The zero-order valence-electron chi connectivity index (χ0n) is 18.1. The first-order valence-electron chi connectivity index (χ1n) is 11.1. The Kier molecular flexibility index (Phi) is 7.84. The third-order valence-electron chi connectivity index (χ3n) is 6.70. The van der Waals surface area contributed by atoms with E-state index in [0.717, 1.165) is 58.1 Å². The van der Waals surface area contributed by atoms with Gasteiger partial charge in [-0.2, -0.15) is 13.2 Å². The highest BCUT2D eigenvalue weighted by Gasteiger charge is 2.41. The number of alkyl halides is 3. The molecule has 1 aliphatic carbocycles. The summed E-state index contributed by atoms with van der Waals surface area (Å²) in [6, 6.07) is -1.41. The minimum Gasteiger partial charge on any atom is -0.355 e. The molecular weight excluding hydrogens is 397 g/mol. The van der Waals surface area contributed by atoms with Gasteiger partial charge in [0.1, 0.15) is 6.04 Å². The number of aliphatic imine (C=N–C) groups is 1. The van der Waals surface area contributed by atoms with Crippen LogP contribution in [0.1, 0.15) is 26.2 Å². The van der Waals surface area contributed by atoms with E-state index >= 15 is 0 Å². The largest absolute Gasteiger partial charge is 0.403 e. The molecule has 172 valence electrons. The zero-order valence-corrected chi connectivity index (χ0v) is 18.1. The average molecular weight is 433 g/mol. The molecule has 7 nitrogen and oxygen atoms in total. The molecule has 0 spiro atoms. The molecule has 3 fully saturated rings. The Morgan fingerprint density at radius 1 is 1.03 bits per heavy atom. The summed E-state index contributed by atoms with van der Waals surface area (Å²) in [5.41, 5.74) is 0. The fourth-order valence-corrected chi connectivity index (χ4v) is 4.29. The van der Waals surface area contributed by atoms with Gasteiger partial charge in [0.25, 0.3) is 0 Å². The SMILES string of the molecule is CN=C(NCCN1CCN(C(=O)C2CCC2)CC1)N1CCN(C(C)C(F)(F)F)CC1. The van der Waals surface area contributed by atoms with E-state index < -0.39 is 12.2 Å². The molecular formula is C20H35F3N6O. The molecule has 1 N–H and O–H groups in total. The Morgan fingerprint density at radius 3 is 2.13 bits per heavy atom. The molecule has 0 aromatic rings. The predicted octanol–water partition coefficient (Wildman–Crippen LogP) is 1.07. The topological polar surface area (TPSA) is 54.4 Å². The second-order valence-electron chi connectivity index (χ2n) is 8.51. The fraction of sp³-hybridized carbons (Fsp3) is 0.900. The summed E-state index contributed by atoms with van der Waals surface area (Å²) in [6.45, 7) is 7.97. The number of halogens is 3. The van der Waals surface area contributed by atoms with Crippen LogP contribution in [-0.4, -0.2) is 116 Å². The van der Waals surface area contributed by atoms with Gasteiger partial charge in [-0.25, -0.2) is 0 Å². The smallest absolute Gasteiger partial charge is 0.355 e. The van der Waals surface area contributed by atoms with Gasteiger partial charge in [-0.3, -0.25) is 19.6 Å². The van der Waals surface area contributed by atoms with Crippen LogP contribution in [0, 0.1) is 5.92 Å². The monoisotopic (exact) mass is 432 g/mol. The number of nitrogens with zero attached hydrogens (tertiary/aromatic N) is 5. The minimum absolute atomic E-state index is 0.265. The van der Waals surface area contributed by atoms with Crippen molar-refractivity contribution in [3.8, 4) is 0 Å². The molecule has 2 aliphatic heterocycles. The van der Waals surface area contributed by atoms with Crippen molar-refractivity contribution in [1.82, 2.24) is 24.9 Å². The fourth-order valence-electron chi connectivity index (χ4n) is 4.29. The molecule has 1 atom stereocenters. The highest BCUT2D eigenvalue weighted by molar-refractivity contribution is 5.80. The maximum absolute atomic E-state index is 12.9. The van der Waals surface area contributed by atoms with Crippen LogP contribution in [0.3, 0.4) is 0 Å². The average Bonchev–Trinajstić information content (AvgIpc) is 2.69. The first-order valence-corrected chi connectivity index (χ1v) is 11.1. The highest BCUT2D eigenvalue weighted by Crippen LogP contribution is 2.28. The molecule has 1 saturated carbocycles. The molecule has 1 amide bonds. The summed E-state index contributed by atoms with van der Waals surface area (Å²) in [5.74, 6) is 1.34. The van der Waals surface area contributed by atoms with E-state index in [4.69, 9.17) is 0 Å². The number of guanidine groups is 1. The number of piperazine rings is 2. The van der Waals surface area contributed by atoms with Gasteiger partial charge in [0, 0.05) is 78.4 Å². The molecule has 1 unspecified atom stereocenters. The minimum atomic E-state index is -4.19. The quantitative estimate of drug-likeness (QED) is 0.521. The summed E-state index contributed by atoms with van der Waals surface area (Å²) in [4.78, 5) is 24.5.